The SMILES string of the molecule is CC1=Nc2ccccc2N/C(C)=C(/c2ccc([N+](=O)[O-])c3nonc23)C(C)=Nc2ccccc2N/C(C)=C\1c1ccc([N+](=O)[O-])c2nonc12. The zero-order valence-electron chi connectivity index (χ0n) is 27.0. The van der Waals surface area contributed by atoms with Crippen molar-refractivity contribution in [1.82, 2.24) is 20.6 Å². The number of hydrogen-bond donors (Lipinski definition) is 2. The van der Waals surface area contributed by atoms with Crippen molar-refractivity contribution in [2.24, 2.45) is 9.98 Å². The van der Waals surface area contributed by atoms with Gasteiger partial charge in [-0.1, -0.05) is 24.3 Å². The van der Waals surface area contributed by atoms with E-state index in [1.807, 2.05) is 76.2 Å². The lowest BCUT2D eigenvalue weighted by atomic mass is 9.96. The highest BCUT2D eigenvalue weighted by atomic mass is 16.6. The number of anilines is 2. The molecule has 3 heterocycles. The summed E-state index contributed by atoms with van der Waals surface area (Å²) in [5.74, 6) is 0. The molecule has 16 nitrogen and oxygen atoms in total. The molecule has 2 N–H and O–H groups in total. The molecule has 0 atom stereocenters. The number of allylic oxidation sites excluding steroid dienone is 4. The van der Waals surface area contributed by atoms with Crippen molar-refractivity contribution >= 4 is 78.8 Å². The number of nitro groups is 2. The maximum Gasteiger partial charge on any atom is 0.300 e. The van der Waals surface area contributed by atoms with Crippen LogP contribution in [0.2, 0.25) is 0 Å². The first-order valence-corrected chi connectivity index (χ1v) is 15.2. The van der Waals surface area contributed by atoms with E-state index in [4.69, 9.17) is 19.2 Å². The number of para-hydroxylation sites is 4. The van der Waals surface area contributed by atoms with Gasteiger partial charge in [0.2, 0.25) is 11.0 Å². The van der Waals surface area contributed by atoms with Crippen LogP contribution < -0.4 is 10.6 Å². The van der Waals surface area contributed by atoms with Crippen molar-refractivity contribution < 1.29 is 19.1 Å². The summed E-state index contributed by atoms with van der Waals surface area (Å²) < 4.78 is 9.96. The summed E-state index contributed by atoms with van der Waals surface area (Å²) >= 11 is 0. The largest absolute Gasteiger partial charge is 0.357 e. The molecule has 7 rings (SSSR count). The Morgan fingerprint density at radius 2 is 0.920 bits per heavy atom. The molecular weight excluding hydrogens is 644 g/mol. The van der Waals surface area contributed by atoms with E-state index in [1.165, 1.54) is 12.1 Å². The number of nitro benzene ring substituents is 2. The summed E-state index contributed by atoms with van der Waals surface area (Å²) in [6, 6.07) is 20.8. The second kappa shape index (κ2) is 12.5. The second-order valence-corrected chi connectivity index (χ2v) is 11.4. The fourth-order valence-corrected chi connectivity index (χ4v) is 6.10. The Morgan fingerprint density at radius 3 is 1.32 bits per heavy atom. The van der Waals surface area contributed by atoms with Gasteiger partial charge in [0.05, 0.1) is 32.6 Å². The number of aliphatic imine (C=N–C) groups is 2. The Kier molecular flexibility index (Phi) is 7.87. The number of rotatable bonds is 4. The van der Waals surface area contributed by atoms with Crippen LogP contribution in [0.15, 0.2) is 103 Å². The van der Waals surface area contributed by atoms with Crippen LogP contribution in [-0.4, -0.2) is 41.9 Å². The Morgan fingerprint density at radius 1 is 0.540 bits per heavy atom. The number of fused-ring (bicyclic) bond motifs is 4. The number of aromatic nitrogens is 4. The maximum absolute atomic E-state index is 11.8. The molecule has 0 fully saturated rings. The highest BCUT2D eigenvalue weighted by Gasteiger charge is 2.26. The van der Waals surface area contributed by atoms with E-state index in [2.05, 4.69) is 31.3 Å². The quantitative estimate of drug-likeness (QED) is 0.134. The monoisotopic (exact) mass is 670 g/mol. The molecule has 1 aliphatic heterocycles. The van der Waals surface area contributed by atoms with Gasteiger partial charge in [0.1, 0.15) is 11.0 Å². The summed E-state index contributed by atoms with van der Waals surface area (Å²) in [4.78, 5) is 32.5. The number of hydrogen-bond acceptors (Lipinski definition) is 14. The molecule has 2 aromatic heterocycles. The summed E-state index contributed by atoms with van der Waals surface area (Å²) in [5.41, 5.74) is 7.09. The molecule has 0 saturated carbocycles. The van der Waals surface area contributed by atoms with Gasteiger partial charge in [0.15, 0.2) is 0 Å². The van der Waals surface area contributed by atoms with Crippen LogP contribution in [0.3, 0.4) is 0 Å². The summed E-state index contributed by atoms with van der Waals surface area (Å²) in [5, 5.41) is 46.2. The second-order valence-electron chi connectivity index (χ2n) is 11.4. The van der Waals surface area contributed by atoms with Gasteiger partial charge in [-0.15, -0.1) is 0 Å². The standard InChI is InChI=1S/C34H26N10O6/c1-17-29(21-13-15-27(43(45)46)33-31(21)39-49-41-33)18(2)36-25-11-7-8-12-26(25)38-20(4)30(19(3)37-24-10-6-5-9-23(24)35-17)22-14-16-28(44(47)48)34-32(22)40-50-42-34/h5-16,35,38H,1-4H3/b29-17+,30-20+,36-18?,37-19?. The zero-order chi connectivity index (χ0) is 35.1. The minimum absolute atomic E-state index is 0.0126. The van der Waals surface area contributed by atoms with Crippen LogP contribution in [0.5, 0.6) is 0 Å². The molecule has 1 aliphatic rings. The molecule has 0 spiro atoms. The van der Waals surface area contributed by atoms with E-state index in [1.54, 1.807) is 12.1 Å². The van der Waals surface area contributed by atoms with Gasteiger partial charge >= 0.3 is 11.4 Å². The van der Waals surface area contributed by atoms with Crippen LogP contribution in [-0.2, 0) is 0 Å². The highest BCUT2D eigenvalue weighted by molar-refractivity contribution is 6.28. The molecule has 248 valence electrons. The van der Waals surface area contributed by atoms with Crippen LogP contribution in [0.25, 0.3) is 33.2 Å². The van der Waals surface area contributed by atoms with Gasteiger partial charge in [-0.25, -0.2) is 9.26 Å². The van der Waals surface area contributed by atoms with Crippen LogP contribution >= 0.6 is 0 Å². The van der Waals surface area contributed by atoms with Crippen LogP contribution in [0.1, 0.15) is 38.8 Å². The fourth-order valence-electron chi connectivity index (χ4n) is 6.10. The summed E-state index contributed by atoms with van der Waals surface area (Å²) in [6.45, 7) is 7.38. The average Bonchev–Trinajstić information content (AvgIpc) is 3.78. The third kappa shape index (κ3) is 5.49. The van der Waals surface area contributed by atoms with E-state index in [0.29, 0.717) is 67.8 Å². The molecule has 16 heteroatoms. The molecule has 50 heavy (non-hydrogen) atoms. The molecule has 0 unspecified atom stereocenters. The van der Waals surface area contributed by atoms with Crippen molar-refractivity contribution in [1.29, 1.82) is 0 Å². The Bertz CT molecular complexity index is 2340. The molecule has 4 aromatic carbocycles. The lowest BCUT2D eigenvalue weighted by Crippen LogP contribution is -2.10. The van der Waals surface area contributed by atoms with Crippen LogP contribution in [0.4, 0.5) is 34.1 Å². The lowest BCUT2D eigenvalue weighted by molar-refractivity contribution is -0.383. The van der Waals surface area contributed by atoms with E-state index < -0.39 is 9.85 Å². The van der Waals surface area contributed by atoms with Gasteiger partial charge < -0.3 is 10.6 Å². The highest BCUT2D eigenvalue weighted by Crippen LogP contribution is 2.38. The third-order valence-electron chi connectivity index (χ3n) is 8.22. The Labute approximate surface area is 282 Å². The third-order valence-corrected chi connectivity index (χ3v) is 8.22. The lowest BCUT2D eigenvalue weighted by Gasteiger charge is -2.20. The fraction of sp³-hybridized carbons (Fsp3) is 0.118. The van der Waals surface area contributed by atoms with Crippen molar-refractivity contribution in [3.8, 4) is 0 Å². The smallest absolute Gasteiger partial charge is 0.300 e. The normalized spacial score (nSPS) is 16.8. The predicted octanol–water partition coefficient (Wildman–Crippen LogP) is 8.16. The zero-order valence-corrected chi connectivity index (χ0v) is 27.0. The van der Waals surface area contributed by atoms with E-state index in [-0.39, 0.29) is 33.4 Å². The van der Waals surface area contributed by atoms with Gasteiger partial charge in [-0.2, -0.15) is 0 Å². The molecule has 0 radical (unpaired) electrons. The Hall–Kier alpha value is -7.10. The van der Waals surface area contributed by atoms with Gasteiger partial charge in [0, 0.05) is 57.2 Å². The first-order chi connectivity index (χ1) is 24.1. The first kappa shape index (κ1) is 31.5. The van der Waals surface area contributed by atoms with Crippen LogP contribution in [0, 0.1) is 20.2 Å². The topological polar surface area (TPSA) is 213 Å². The van der Waals surface area contributed by atoms with E-state index in [0.717, 1.165) is 0 Å². The first-order valence-electron chi connectivity index (χ1n) is 15.2. The van der Waals surface area contributed by atoms with Crippen molar-refractivity contribution in [3.63, 3.8) is 0 Å². The molecule has 0 aliphatic carbocycles. The van der Waals surface area contributed by atoms with E-state index in [9.17, 15) is 20.2 Å². The number of nitrogens with zero attached hydrogens (tertiary/aromatic N) is 8. The molecular formula is C34H26N10O6. The van der Waals surface area contributed by atoms with Crippen molar-refractivity contribution in [3.05, 3.63) is 116 Å². The number of non-ortho nitro benzene ring substituents is 2. The predicted molar refractivity (Wildman–Crippen MR) is 188 cm³/mol. The van der Waals surface area contributed by atoms with Gasteiger partial charge in [-0.05, 0) is 84.7 Å². The Balaban J connectivity index is 1.49. The summed E-state index contributed by atoms with van der Waals surface area (Å²) in [6.07, 6.45) is 0. The molecule has 0 amide bonds. The van der Waals surface area contributed by atoms with Crippen molar-refractivity contribution in [2.45, 2.75) is 27.7 Å². The maximum atomic E-state index is 11.8. The average molecular weight is 671 g/mol. The minimum atomic E-state index is -0.534. The molecule has 0 saturated heterocycles. The minimum Gasteiger partial charge on any atom is -0.357 e. The molecule has 0 bridgehead atoms. The van der Waals surface area contributed by atoms with Gasteiger partial charge in [0.25, 0.3) is 0 Å². The van der Waals surface area contributed by atoms with E-state index >= 15 is 0 Å². The summed E-state index contributed by atoms with van der Waals surface area (Å²) in [7, 11) is 0. The number of benzene rings is 4. The number of nitrogens with one attached hydrogen (secondary N) is 2. The van der Waals surface area contributed by atoms with Gasteiger partial charge in [-0.3, -0.25) is 30.2 Å². The molecule has 6 aromatic rings. The van der Waals surface area contributed by atoms with Crippen molar-refractivity contribution in [2.75, 3.05) is 10.6 Å².